The van der Waals surface area contributed by atoms with Crippen LogP contribution in [0.4, 0.5) is 0 Å². The average molecular weight is 308 g/mol. The first-order valence-corrected chi connectivity index (χ1v) is 7.31. The number of carbonyl (C=O) groups is 1. The first kappa shape index (κ1) is 14.8. The van der Waals surface area contributed by atoms with E-state index in [0.29, 0.717) is 24.5 Å². The number of amides is 1. The van der Waals surface area contributed by atoms with Gasteiger partial charge in [-0.15, -0.1) is 5.10 Å². The fourth-order valence-electron chi connectivity index (χ4n) is 2.21. The van der Waals surface area contributed by atoms with Crippen molar-refractivity contribution in [2.45, 2.75) is 20.0 Å². The molecular formula is C16H16N6O. The monoisotopic (exact) mass is 308 g/mol. The molecule has 7 heteroatoms. The molecule has 0 spiro atoms. The van der Waals surface area contributed by atoms with Crippen LogP contribution in [0.25, 0.3) is 11.4 Å². The van der Waals surface area contributed by atoms with Crippen LogP contribution in [0.3, 0.4) is 0 Å². The highest BCUT2D eigenvalue weighted by Gasteiger charge is 2.11. The summed E-state index contributed by atoms with van der Waals surface area (Å²) in [5.41, 5.74) is 2.38. The van der Waals surface area contributed by atoms with Crippen LogP contribution in [-0.4, -0.2) is 31.1 Å². The highest BCUT2D eigenvalue weighted by Crippen LogP contribution is 2.17. The molecule has 0 bridgehead atoms. The molecule has 0 aliphatic heterocycles. The Labute approximate surface area is 133 Å². The number of pyridine rings is 1. The minimum absolute atomic E-state index is 0.140. The number of benzene rings is 1. The molecule has 116 valence electrons. The predicted molar refractivity (Wildman–Crippen MR) is 84.3 cm³/mol. The molecule has 0 aliphatic rings. The van der Waals surface area contributed by atoms with Crippen LogP contribution in [0.5, 0.6) is 0 Å². The summed E-state index contributed by atoms with van der Waals surface area (Å²) in [5.74, 6) is 0.510. The lowest BCUT2D eigenvalue weighted by Crippen LogP contribution is -2.22. The van der Waals surface area contributed by atoms with Crippen LogP contribution in [0.2, 0.25) is 0 Å². The highest BCUT2D eigenvalue weighted by molar-refractivity contribution is 5.95. The molecule has 0 radical (unpaired) electrons. The maximum absolute atomic E-state index is 12.3. The lowest BCUT2D eigenvalue weighted by Gasteiger charge is -2.07. The van der Waals surface area contributed by atoms with Gasteiger partial charge in [-0.1, -0.05) is 12.1 Å². The summed E-state index contributed by atoms with van der Waals surface area (Å²) in [6.45, 7) is 3.09. The van der Waals surface area contributed by atoms with E-state index in [1.165, 1.54) is 0 Å². The smallest absolute Gasteiger partial charge is 0.251 e. The number of tetrazole rings is 1. The summed E-state index contributed by atoms with van der Waals surface area (Å²) in [5, 5.41) is 14.5. The zero-order valence-corrected chi connectivity index (χ0v) is 12.7. The molecule has 1 N–H and O–H groups in total. The molecule has 0 aliphatic carbocycles. The molecule has 0 unspecified atom stereocenters. The number of hydrogen-bond acceptors (Lipinski definition) is 5. The van der Waals surface area contributed by atoms with Crippen molar-refractivity contribution in [3.05, 3.63) is 59.9 Å². The topological polar surface area (TPSA) is 85.6 Å². The van der Waals surface area contributed by atoms with Crippen LogP contribution in [0, 0.1) is 0 Å². The molecular weight excluding hydrogens is 292 g/mol. The highest BCUT2D eigenvalue weighted by atomic mass is 16.1. The van der Waals surface area contributed by atoms with E-state index < -0.39 is 0 Å². The van der Waals surface area contributed by atoms with E-state index in [9.17, 15) is 4.79 Å². The van der Waals surface area contributed by atoms with E-state index in [1.54, 1.807) is 29.2 Å². The summed E-state index contributed by atoms with van der Waals surface area (Å²) < 4.78 is 1.69. The van der Waals surface area contributed by atoms with E-state index in [-0.39, 0.29) is 5.91 Å². The van der Waals surface area contributed by atoms with Crippen molar-refractivity contribution in [2.24, 2.45) is 0 Å². The average Bonchev–Trinajstić information content (AvgIpc) is 3.09. The molecule has 0 saturated carbocycles. The van der Waals surface area contributed by atoms with Gasteiger partial charge in [0.1, 0.15) is 0 Å². The standard InChI is InChI=1S/C16H16N6O/c1-2-22-15(19-20-21-22)13-4-3-5-14(10-13)16(23)18-11-12-6-8-17-9-7-12/h3-10H,2,11H2,1H3,(H,18,23). The van der Waals surface area contributed by atoms with Gasteiger partial charge in [0.05, 0.1) is 0 Å². The Morgan fingerprint density at radius 3 is 2.83 bits per heavy atom. The lowest BCUT2D eigenvalue weighted by molar-refractivity contribution is 0.0951. The summed E-state index contributed by atoms with van der Waals surface area (Å²) in [4.78, 5) is 16.3. The number of nitrogens with one attached hydrogen (secondary N) is 1. The fourth-order valence-corrected chi connectivity index (χ4v) is 2.21. The number of aryl methyl sites for hydroxylation is 1. The van der Waals surface area contributed by atoms with E-state index >= 15 is 0 Å². The van der Waals surface area contributed by atoms with Crippen molar-refractivity contribution in [2.75, 3.05) is 0 Å². The molecule has 23 heavy (non-hydrogen) atoms. The van der Waals surface area contributed by atoms with Crippen LogP contribution in [0.15, 0.2) is 48.8 Å². The summed E-state index contributed by atoms with van der Waals surface area (Å²) in [7, 11) is 0. The third kappa shape index (κ3) is 3.39. The van der Waals surface area contributed by atoms with Crippen LogP contribution in [0.1, 0.15) is 22.8 Å². The van der Waals surface area contributed by atoms with Gasteiger partial charge in [0.25, 0.3) is 5.91 Å². The van der Waals surface area contributed by atoms with E-state index in [2.05, 4.69) is 25.8 Å². The number of aromatic nitrogens is 5. The molecule has 0 saturated heterocycles. The van der Waals surface area contributed by atoms with Gasteiger partial charge < -0.3 is 5.32 Å². The first-order chi connectivity index (χ1) is 11.3. The van der Waals surface area contributed by atoms with Gasteiger partial charge in [-0.05, 0) is 47.2 Å². The van der Waals surface area contributed by atoms with Gasteiger partial charge in [-0.25, -0.2) is 4.68 Å². The molecule has 1 aromatic carbocycles. The number of rotatable bonds is 5. The SMILES string of the molecule is CCn1nnnc1-c1cccc(C(=O)NCc2ccncc2)c1. The van der Waals surface area contributed by atoms with Crippen molar-refractivity contribution in [3.8, 4) is 11.4 Å². The Balaban J connectivity index is 1.75. The molecule has 2 aromatic heterocycles. The van der Waals surface area contributed by atoms with E-state index in [0.717, 1.165) is 11.1 Å². The first-order valence-electron chi connectivity index (χ1n) is 7.31. The van der Waals surface area contributed by atoms with Gasteiger partial charge in [0.15, 0.2) is 5.82 Å². The summed E-state index contributed by atoms with van der Waals surface area (Å²) in [6.07, 6.45) is 3.40. The normalized spacial score (nSPS) is 10.5. The van der Waals surface area contributed by atoms with Crippen LogP contribution >= 0.6 is 0 Å². The number of nitrogens with zero attached hydrogens (tertiary/aromatic N) is 5. The van der Waals surface area contributed by atoms with E-state index in [1.807, 2.05) is 31.2 Å². The van der Waals surface area contributed by atoms with Crippen molar-refractivity contribution in [1.29, 1.82) is 0 Å². The van der Waals surface area contributed by atoms with Crippen molar-refractivity contribution in [3.63, 3.8) is 0 Å². The minimum atomic E-state index is -0.140. The Morgan fingerprint density at radius 2 is 2.04 bits per heavy atom. The zero-order valence-electron chi connectivity index (χ0n) is 12.7. The summed E-state index contributed by atoms with van der Waals surface area (Å²) >= 11 is 0. The lowest BCUT2D eigenvalue weighted by atomic mass is 10.1. The molecule has 0 fully saturated rings. The maximum atomic E-state index is 12.3. The van der Waals surface area contributed by atoms with Crippen molar-refractivity contribution in [1.82, 2.24) is 30.5 Å². The quantitative estimate of drug-likeness (QED) is 0.775. The second-order valence-electron chi connectivity index (χ2n) is 4.94. The van der Waals surface area contributed by atoms with Gasteiger partial charge in [0, 0.05) is 36.6 Å². The third-order valence-corrected chi connectivity index (χ3v) is 3.42. The molecule has 0 atom stereocenters. The van der Waals surface area contributed by atoms with Crippen LogP contribution in [-0.2, 0) is 13.1 Å². The Hall–Kier alpha value is -3.09. The predicted octanol–water partition coefficient (Wildman–Crippen LogP) is 1.69. The molecule has 3 rings (SSSR count). The van der Waals surface area contributed by atoms with Gasteiger partial charge >= 0.3 is 0 Å². The number of carbonyl (C=O) groups excluding carboxylic acids is 1. The van der Waals surface area contributed by atoms with Gasteiger partial charge in [0.2, 0.25) is 0 Å². The van der Waals surface area contributed by atoms with Gasteiger partial charge in [-0.2, -0.15) is 0 Å². The fraction of sp³-hybridized carbons (Fsp3) is 0.188. The summed E-state index contributed by atoms with van der Waals surface area (Å²) in [6, 6.07) is 11.0. The van der Waals surface area contributed by atoms with Crippen molar-refractivity contribution >= 4 is 5.91 Å². The van der Waals surface area contributed by atoms with Crippen molar-refractivity contribution < 1.29 is 4.79 Å². The second-order valence-corrected chi connectivity index (χ2v) is 4.94. The second kappa shape index (κ2) is 6.78. The zero-order chi connectivity index (χ0) is 16.1. The Kier molecular flexibility index (Phi) is 4.37. The molecule has 2 heterocycles. The molecule has 7 nitrogen and oxygen atoms in total. The largest absolute Gasteiger partial charge is 0.348 e. The molecule has 1 amide bonds. The number of hydrogen-bond donors (Lipinski definition) is 1. The molecule has 3 aromatic rings. The maximum Gasteiger partial charge on any atom is 0.251 e. The van der Waals surface area contributed by atoms with Crippen LogP contribution < -0.4 is 5.32 Å². The van der Waals surface area contributed by atoms with Gasteiger partial charge in [-0.3, -0.25) is 9.78 Å². The Bertz CT molecular complexity index is 799. The van der Waals surface area contributed by atoms with E-state index in [4.69, 9.17) is 0 Å². The Morgan fingerprint density at radius 1 is 1.22 bits per heavy atom. The third-order valence-electron chi connectivity index (χ3n) is 3.42. The minimum Gasteiger partial charge on any atom is -0.348 e.